The smallest absolute Gasteiger partial charge is 0.342 e. The number of para-hydroxylation sites is 1. The van der Waals surface area contributed by atoms with Crippen LogP contribution in [0.5, 0.6) is 0 Å². The molecule has 5 nitrogen and oxygen atoms in total. The van der Waals surface area contributed by atoms with Gasteiger partial charge in [0.15, 0.2) is 0 Å². The van der Waals surface area contributed by atoms with E-state index < -0.39 is 21.8 Å². The van der Waals surface area contributed by atoms with Crippen molar-refractivity contribution in [1.29, 1.82) is 0 Å². The van der Waals surface area contributed by atoms with Gasteiger partial charge in [-0.05, 0) is 47.9 Å². The summed E-state index contributed by atoms with van der Waals surface area (Å²) in [5.41, 5.74) is 3.71. The molecule has 32 heavy (non-hydrogen) atoms. The highest BCUT2D eigenvalue weighted by atomic mass is 32.2. The maximum atomic E-state index is 12.7. The maximum absolute atomic E-state index is 12.7. The summed E-state index contributed by atoms with van der Waals surface area (Å²) in [6, 6.07) is 17.9. The normalized spacial score (nSPS) is 12.2. The molecule has 0 bridgehead atoms. The Kier molecular flexibility index (Phi) is 5.68. The number of alkyl halides is 3. The van der Waals surface area contributed by atoms with E-state index in [4.69, 9.17) is 0 Å². The monoisotopic (exact) mass is 459 g/mol. The zero-order valence-electron chi connectivity index (χ0n) is 17.1. The molecule has 4 aromatic rings. The third-order valence-corrected chi connectivity index (χ3v) is 5.59. The molecule has 4 rings (SSSR count). The molecule has 0 radical (unpaired) electrons. The number of aryl methyl sites for hydroxylation is 2. The van der Waals surface area contributed by atoms with E-state index in [1.165, 1.54) is 12.1 Å². The fourth-order valence-corrected chi connectivity index (χ4v) is 4.07. The number of sulfonamides is 1. The summed E-state index contributed by atoms with van der Waals surface area (Å²) in [4.78, 5) is 7.80. The number of halogens is 3. The number of aromatic amines is 1. The molecule has 0 unspecified atom stereocenters. The van der Waals surface area contributed by atoms with Crippen LogP contribution in [0, 0.1) is 0 Å². The Hall–Kier alpha value is -3.33. The van der Waals surface area contributed by atoms with E-state index in [-0.39, 0.29) is 0 Å². The van der Waals surface area contributed by atoms with E-state index in [0.29, 0.717) is 18.5 Å². The fraction of sp³-hybridized carbons (Fsp3) is 0.174. The van der Waals surface area contributed by atoms with Crippen molar-refractivity contribution in [3.63, 3.8) is 0 Å². The van der Waals surface area contributed by atoms with Gasteiger partial charge in [0.2, 0.25) is 10.0 Å². The van der Waals surface area contributed by atoms with Crippen molar-refractivity contribution in [2.24, 2.45) is 0 Å². The largest absolute Gasteiger partial charge is 0.416 e. The van der Waals surface area contributed by atoms with Crippen LogP contribution in [0.1, 0.15) is 17.0 Å². The van der Waals surface area contributed by atoms with E-state index in [9.17, 15) is 21.6 Å². The molecule has 0 amide bonds. The highest BCUT2D eigenvalue weighted by Gasteiger charge is 2.29. The quantitative estimate of drug-likeness (QED) is 0.405. The van der Waals surface area contributed by atoms with E-state index in [1.54, 1.807) is 12.1 Å². The third-order valence-electron chi connectivity index (χ3n) is 5.00. The minimum absolute atomic E-state index is 0.483. The zero-order chi connectivity index (χ0) is 22.9. The number of rotatable bonds is 6. The lowest BCUT2D eigenvalue weighted by Gasteiger charge is -2.10. The first kappa shape index (κ1) is 21.9. The predicted octanol–water partition coefficient (Wildman–Crippen LogP) is 5.41. The molecule has 3 aromatic carbocycles. The summed E-state index contributed by atoms with van der Waals surface area (Å²) in [7, 11) is -3.42. The van der Waals surface area contributed by atoms with Crippen molar-refractivity contribution in [1.82, 2.24) is 9.97 Å². The Morgan fingerprint density at radius 1 is 0.969 bits per heavy atom. The van der Waals surface area contributed by atoms with Crippen molar-refractivity contribution in [3.05, 3.63) is 83.7 Å². The Bertz CT molecular complexity index is 1360. The summed E-state index contributed by atoms with van der Waals surface area (Å²) in [5, 5.41) is 0. The number of anilines is 1. The molecular weight excluding hydrogens is 439 g/mol. The zero-order valence-corrected chi connectivity index (χ0v) is 17.9. The van der Waals surface area contributed by atoms with Crippen LogP contribution in [0.4, 0.5) is 18.9 Å². The van der Waals surface area contributed by atoms with Gasteiger partial charge in [-0.2, -0.15) is 13.2 Å². The molecule has 0 atom stereocenters. The van der Waals surface area contributed by atoms with Crippen LogP contribution in [-0.2, 0) is 29.0 Å². The Morgan fingerprint density at radius 3 is 2.38 bits per heavy atom. The summed E-state index contributed by atoms with van der Waals surface area (Å²) in [6.07, 6.45) is -2.15. The number of H-pyrrole nitrogens is 1. The van der Waals surface area contributed by atoms with E-state index in [1.807, 2.05) is 30.3 Å². The number of aromatic nitrogens is 2. The molecule has 0 aliphatic rings. The summed E-state index contributed by atoms with van der Waals surface area (Å²) < 4.78 is 64.0. The lowest BCUT2D eigenvalue weighted by molar-refractivity contribution is -0.137. The van der Waals surface area contributed by atoms with Gasteiger partial charge in [0.05, 0.1) is 28.5 Å². The van der Waals surface area contributed by atoms with Crippen LogP contribution in [0.15, 0.2) is 66.7 Å². The molecular formula is C23H20F3N3O2S. The summed E-state index contributed by atoms with van der Waals surface area (Å²) in [5.74, 6) is 0.722. The Balaban J connectivity index is 1.54. The van der Waals surface area contributed by atoms with Gasteiger partial charge in [-0.1, -0.05) is 36.4 Å². The van der Waals surface area contributed by atoms with Crippen molar-refractivity contribution < 1.29 is 21.6 Å². The standard InChI is InChI=1S/C23H20F3N3O2S/c1-32(30,31)29-19-5-3-2-4-18(19)16-9-12-20-21(14-16)28-22(27-20)13-8-15-6-10-17(11-7-15)23(24,25)26/h2-7,9-12,14,29H,8,13H2,1H3,(H,27,28). The first-order chi connectivity index (χ1) is 15.1. The number of nitrogens with zero attached hydrogens (tertiary/aromatic N) is 1. The van der Waals surface area contributed by atoms with Crippen molar-refractivity contribution in [2.45, 2.75) is 19.0 Å². The maximum Gasteiger partial charge on any atom is 0.416 e. The van der Waals surface area contributed by atoms with E-state index >= 15 is 0 Å². The van der Waals surface area contributed by atoms with Crippen LogP contribution in [-0.4, -0.2) is 24.6 Å². The average Bonchev–Trinajstić information content (AvgIpc) is 3.13. The molecule has 0 aliphatic heterocycles. The second-order valence-corrected chi connectivity index (χ2v) is 9.28. The van der Waals surface area contributed by atoms with Gasteiger partial charge in [-0.15, -0.1) is 0 Å². The van der Waals surface area contributed by atoms with Gasteiger partial charge in [-0.25, -0.2) is 13.4 Å². The van der Waals surface area contributed by atoms with Crippen molar-refractivity contribution in [2.75, 3.05) is 11.0 Å². The molecule has 0 saturated heterocycles. The third kappa shape index (κ3) is 5.11. The van der Waals surface area contributed by atoms with Crippen molar-refractivity contribution >= 4 is 26.7 Å². The first-order valence-corrected chi connectivity index (χ1v) is 11.7. The SMILES string of the molecule is CS(=O)(=O)Nc1ccccc1-c1ccc2nc(CCc3ccc(C(F)(F)F)cc3)[nH]c2c1. The molecule has 2 N–H and O–H groups in total. The highest BCUT2D eigenvalue weighted by molar-refractivity contribution is 7.92. The highest BCUT2D eigenvalue weighted by Crippen LogP contribution is 2.31. The van der Waals surface area contributed by atoms with Gasteiger partial charge < -0.3 is 4.98 Å². The molecule has 1 aromatic heterocycles. The molecule has 0 fully saturated rings. The first-order valence-electron chi connectivity index (χ1n) is 9.80. The molecule has 166 valence electrons. The van der Waals surface area contributed by atoms with Gasteiger partial charge >= 0.3 is 6.18 Å². The van der Waals surface area contributed by atoms with Gasteiger partial charge in [0.1, 0.15) is 5.82 Å². The fourth-order valence-electron chi connectivity index (χ4n) is 3.50. The Labute approximate surface area is 183 Å². The minimum Gasteiger partial charge on any atom is -0.342 e. The average molecular weight is 459 g/mol. The van der Waals surface area contributed by atoms with Crippen LogP contribution in [0.3, 0.4) is 0 Å². The van der Waals surface area contributed by atoms with Gasteiger partial charge in [-0.3, -0.25) is 4.72 Å². The number of benzene rings is 3. The summed E-state index contributed by atoms with van der Waals surface area (Å²) in [6.45, 7) is 0. The molecule has 0 aliphatic carbocycles. The molecule has 0 spiro atoms. The topological polar surface area (TPSA) is 74.8 Å². The molecule has 0 saturated carbocycles. The van der Waals surface area contributed by atoms with Gasteiger partial charge in [0, 0.05) is 12.0 Å². The lowest BCUT2D eigenvalue weighted by atomic mass is 10.0. The number of nitrogens with one attached hydrogen (secondary N) is 2. The minimum atomic E-state index is -4.34. The van der Waals surface area contributed by atoms with Crippen LogP contribution >= 0.6 is 0 Å². The molecule has 1 heterocycles. The number of imidazole rings is 1. The van der Waals surface area contributed by atoms with Crippen molar-refractivity contribution in [3.8, 4) is 11.1 Å². The number of hydrogen-bond donors (Lipinski definition) is 2. The van der Waals surface area contributed by atoms with Crippen LogP contribution in [0.25, 0.3) is 22.2 Å². The van der Waals surface area contributed by atoms with E-state index in [2.05, 4.69) is 14.7 Å². The second-order valence-electron chi connectivity index (χ2n) is 7.53. The summed E-state index contributed by atoms with van der Waals surface area (Å²) >= 11 is 0. The second kappa shape index (κ2) is 8.31. The van der Waals surface area contributed by atoms with E-state index in [0.717, 1.165) is 51.9 Å². The lowest BCUT2D eigenvalue weighted by Crippen LogP contribution is -2.10. The molecule has 9 heteroatoms. The predicted molar refractivity (Wildman–Crippen MR) is 119 cm³/mol. The Morgan fingerprint density at radius 2 is 1.69 bits per heavy atom. The number of fused-ring (bicyclic) bond motifs is 1. The number of hydrogen-bond acceptors (Lipinski definition) is 3. The van der Waals surface area contributed by atoms with Crippen LogP contribution in [0.2, 0.25) is 0 Å². The van der Waals surface area contributed by atoms with Gasteiger partial charge in [0.25, 0.3) is 0 Å². The van der Waals surface area contributed by atoms with Crippen LogP contribution < -0.4 is 4.72 Å².